The number of benzene rings is 2. The lowest BCUT2D eigenvalue weighted by Gasteiger charge is -2.21. The van der Waals surface area contributed by atoms with Gasteiger partial charge in [-0.05, 0) is 29.9 Å². The number of nitrogens with zero attached hydrogens (tertiary/aromatic N) is 2. The van der Waals surface area contributed by atoms with Crippen molar-refractivity contribution in [2.24, 2.45) is 5.92 Å². The number of carbonyl (C=O) groups is 1. The van der Waals surface area contributed by atoms with Crippen molar-refractivity contribution in [1.29, 1.82) is 0 Å². The van der Waals surface area contributed by atoms with Gasteiger partial charge in [-0.1, -0.05) is 68.4 Å². The number of anilines is 1. The van der Waals surface area contributed by atoms with E-state index in [4.69, 9.17) is 9.97 Å². The molecule has 1 amide bonds. The summed E-state index contributed by atoms with van der Waals surface area (Å²) in [6, 6.07) is 18.6. The van der Waals surface area contributed by atoms with Crippen LogP contribution in [0.1, 0.15) is 42.8 Å². The number of fused-ring (bicyclic) bond motifs is 3. The number of rotatable bonds is 5. The van der Waals surface area contributed by atoms with Gasteiger partial charge in [-0.2, -0.15) is 0 Å². The normalized spacial score (nSPS) is 12.4. The average molecular weight is 371 g/mol. The first-order valence-electron chi connectivity index (χ1n) is 9.92. The van der Waals surface area contributed by atoms with E-state index in [1.54, 1.807) is 0 Å². The summed E-state index contributed by atoms with van der Waals surface area (Å²) >= 11 is 0. The van der Waals surface area contributed by atoms with Crippen LogP contribution in [0.25, 0.3) is 11.3 Å². The van der Waals surface area contributed by atoms with Gasteiger partial charge in [-0.15, -0.1) is 0 Å². The topological polar surface area (TPSA) is 54.9 Å². The molecule has 3 aromatic rings. The van der Waals surface area contributed by atoms with Gasteiger partial charge in [0.15, 0.2) is 5.82 Å². The van der Waals surface area contributed by atoms with E-state index >= 15 is 0 Å². The minimum Gasteiger partial charge on any atom is -0.309 e. The Morgan fingerprint density at radius 3 is 2.54 bits per heavy atom. The Labute approximate surface area is 166 Å². The molecule has 0 bridgehead atoms. The first kappa shape index (κ1) is 18.4. The third kappa shape index (κ3) is 3.96. The number of aromatic nitrogens is 2. The highest BCUT2D eigenvalue weighted by atomic mass is 16.1. The second-order valence-corrected chi connectivity index (χ2v) is 7.78. The van der Waals surface area contributed by atoms with Crippen LogP contribution >= 0.6 is 0 Å². The highest BCUT2D eigenvalue weighted by Gasteiger charge is 2.22. The Kier molecular flexibility index (Phi) is 5.20. The predicted molar refractivity (Wildman–Crippen MR) is 112 cm³/mol. The van der Waals surface area contributed by atoms with E-state index in [1.165, 1.54) is 5.56 Å². The molecule has 4 heteroatoms. The molecule has 4 rings (SSSR count). The fraction of sp³-hybridized carbons (Fsp3) is 0.292. The van der Waals surface area contributed by atoms with Gasteiger partial charge in [0.1, 0.15) is 0 Å². The van der Waals surface area contributed by atoms with Gasteiger partial charge in [0.2, 0.25) is 5.91 Å². The Hall–Kier alpha value is -3.01. The first-order chi connectivity index (χ1) is 13.6. The van der Waals surface area contributed by atoms with Crippen molar-refractivity contribution < 1.29 is 4.79 Å². The van der Waals surface area contributed by atoms with Gasteiger partial charge >= 0.3 is 0 Å². The zero-order chi connectivity index (χ0) is 19.5. The molecule has 1 aliphatic carbocycles. The molecule has 0 aliphatic heterocycles. The van der Waals surface area contributed by atoms with Crippen molar-refractivity contribution >= 4 is 11.7 Å². The number of amides is 1. The molecule has 1 aromatic heterocycles. The maximum Gasteiger partial charge on any atom is 0.225 e. The van der Waals surface area contributed by atoms with Crippen LogP contribution in [0.3, 0.4) is 0 Å². The highest BCUT2D eigenvalue weighted by molar-refractivity contribution is 5.90. The van der Waals surface area contributed by atoms with Gasteiger partial charge in [0, 0.05) is 18.4 Å². The number of hydrogen-bond donors (Lipinski definition) is 1. The molecule has 1 heterocycles. The quantitative estimate of drug-likeness (QED) is 0.700. The molecule has 142 valence electrons. The minimum absolute atomic E-state index is 0.00484. The van der Waals surface area contributed by atoms with E-state index < -0.39 is 0 Å². The molecule has 2 aromatic carbocycles. The fourth-order valence-corrected chi connectivity index (χ4v) is 3.68. The molecule has 0 radical (unpaired) electrons. The van der Waals surface area contributed by atoms with Crippen molar-refractivity contribution in [2.45, 2.75) is 39.5 Å². The molecule has 0 fully saturated rings. The summed E-state index contributed by atoms with van der Waals surface area (Å²) in [6.07, 6.45) is 2.92. The first-order valence-corrected chi connectivity index (χ1v) is 9.92. The summed E-state index contributed by atoms with van der Waals surface area (Å²) < 4.78 is 0. The second-order valence-electron chi connectivity index (χ2n) is 7.78. The summed E-state index contributed by atoms with van der Waals surface area (Å²) in [5.74, 6) is 0.900. The van der Waals surface area contributed by atoms with E-state index in [0.29, 0.717) is 24.6 Å². The SMILES string of the molecule is CC(C)CC(=O)Nc1nc2c(nc1Cc1ccccc1)-c1ccccc1CC2. The van der Waals surface area contributed by atoms with Crippen LogP contribution in [-0.4, -0.2) is 15.9 Å². The molecule has 0 saturated heterocycles. The van der Waals surface area contributed by atoms with Crippen LogP contribution in [-0.2, 0) is 24.1 Å². The minimum atomic E-state index is -0.00484. The van der Waals surface area contributed by atoms with Crippen molar-refractivity contribution in [3.05, 3.63) is 77.1 Å². The van der Waals surface area contributed by atoms with Gasteiger partial charge in [0.25, 0.3) is 0 Å². The molecular weight excluding hydrogens is 346 g/mol. The van der Waals surface area contributed by atoms with Gasteiger partial charge in [0.05, 0.1) is 17.1 Å². The fourth-order valence-electron chi connectivity index (χ4n) is 3.68. The molecule has 0 spiro atoms. The number of hydrogen-bond acceptors (Lipinski definition) is 3. The summed E-state index contributed by atoms with van der Waals surface area (Å²) in [6.45, 7) is 4.08. The zero-order valence-electron chi connectivity index (χ0n) is 16.4. The van der Waals surface area contributed by atoms with Crippen LogP contribution in [0.5, 0.6) is 0 Å². The molecule has 1 N–H and O–H groups in total. The lowest BCUT2D eigenvalue weighted by Crippen LogP contribution is -2.19. The lowest BCUT2D eigenvalue weighted by molar-refractivity contribution is -0.116. The Bertz CT molecular complexity index is 996. The third-order valence-electron chi connectivity index (χ3n) is 5.01. The van der Waals surface area contributed by atoms with E-state index in [0.717, 1.165) is 41.1 Å². The maximum absolute atomic E-state index is 12.4. The third-order valence-corrected chi connectivity index (χ3v) is 5.01. The summed E-state index contributed by atoms with van der Waals surface area (Å²) in [7, 11) is 0. The van der Waals surface area contributed by atoms with Gasteiger partial charge in [-0.25, -0.2) is 9.97 Å². The monoisotopic (exact) mass is 371 g/mol. The molecule has 1 aliphatic rings. The number of carbonyl (C=O) groups excluding carboxylic acids is 1. The Morgan fingerprint density at radius 2 is 1.75 bits per heavy atom. The van der Waals surface area contributed by atoms with Crippen LogP contribution in [0.2, 0.25) is 0 Å². The van der Waals surface area contributed by atoms with Crippen molar-refractivity contribution in [1.82, 2.24) is 9.97 Å². The second kappa shape index (κ2) is 7.93. The smallest absolute Gasteiger partial charge is 0.225 e. The molecule has 0 unspecified atom stereocenters. The molecule has 4 nitrogen and oxygen atoms in total. The zero-order valence-corrected chi connectivity index (χ0v) is 16.4. The Morgan fingerprint density at radius 1 is 1.00 bits per heavy atom. The van der Waals surface area contributed by atoms with Gasteiger partial charge < -0.3 is 5.32 Å². The van der Waals surface area contributed by atoms with Crippen LogP contribution in [0, 0.1) is 5.92 Å². The summed E-state index contributed by atoms with van der Waals surface area (Å²) in [4.78, 5) is 22.3. The van der Waals surface area contributed by atoms with Crippen LogP contribution in [0.15, 0.2) is 54.6 Å². The molecule has 0 saturated carbocycles. The molecule has 28 heavy (non-hydrogen) atoms. The van der Waals surface area contributed by atoms with E-state index in [1.807, 2.05) is 38.1 Å². The maximum atomic E-state index is 12.4. The Balaban J connectivity index is 1.76. The van der Waals surface area contributed by atoms with E-state index in [9.17, 15) is 4.79 Å². The van der Waals surface area contributed by atoms with Crippen LogP contribution < -0.4 is 5.32 Å². The summed E-state index contributed by atoms with van der Waals surface area (Å²) in [5, 5.41) is 3.02. The number of aryl methyl sites for hydroxylation is 2. The van der Waals surface area contributed by atoms with Crippen molar-refractivity contribution in [3.8, 4) is 11.3 Å². The van der Waals surface area contributed by atoms with Crippen molar-refractivity contribution in [2.75, 3.05) is 5.32 Å². The van der Waals surface area contributed by atoms with Gasteiger partial charge in [-0.3, -0.25) is 4.79 Å². The lowest BCUT2D eigenvalue weighted by atomic mass is 9.91. The molecule has 0 atom stereocenters. The van der Waals surface area contributed by atoms with E-state index in [2.05, 4.69) is 35.6 Å². The molecular formula is C24H25N3O. The van der Waals surface area contributed by atoms with Crippen LogP contribution in [0.4, 0.5) is 5.82 Å². The standard InChI is InChI=1S/C24H25N3O/c1-16(2)14-22(28)27-24-21(15-17-8-4-3-5-9-17)25-23-19-11-7-6-10-18(19)12-13-20(23)26-24/h3-11,16H,12-15H2,1-2H3,(H,26,27,28). The largest absolute Gasteiger partial charge is 0.309 e. The average Bonchev–Trinajstić information content (AvgIpc) is 2.68. The highest BCUT2D eigenvalue weighted by Crippen LogP contribution is 2.33. The summed E-state index contributed by atoms with van der Waals surface area (Å²) in [5.41, 5.74) is 6.36. The van der Waals surface area contributed by atoms with Crippen molar-refractivity contribution in [3.63, 3.8) is 0 Å². The number of nitrogens with one attached hydrogen (secondary N) is 1. The predicted octanol–water partition coefficient (Wildman–Crippen LogP) is 4.82. The van der Waals surface area contributed by atoms with E-state index in [-0.39, 0.29) is 5.91 Å².